The molecule has 0 fully saturated rings. The molecule has 0 unspecified atom stereocenters. The summed E-state index contributed by atoms with van der Waals surface area (Å²) in [7, 11) is 3.40. The van der Waals surface area contributed by atoms with E-state index in [2.05, 4.69) is 24.0 Å². The lowest BCUT2D eigenvalue weighted by molar-refractivity contribution is 0.187. The molecule has 2 aromatic rings. The zero-order valence-electron chi connectivity index (χ0n) is 12.7. The largest absolute Gasteiger partial charge is 0.383 e. The molecule has 2 heterocycles. The molecule has 0 spiro atoms. The summed E-state index contributed by atoms with van der Waals surface area (Å²) in [4.78, 5) is 12.6. The lowest BCUT2D eigenvalue weighted by atomic mass is 10.1. The standard InChI is InChI=1S/C14H20N4O2S/c1-9(2)11-6-5-10(13(19)17(11)3)12-15-16-14(21)18(12)7-8-20-4/h5-6,9H,7-8H2,1-4H3,(H,16,21). The first-order valence-electron chi connectivity index (χ1n) is 6.81. The Hall–Kier alpha value is -1.73. The van der Waals surface area contributed by atoms with Crippen LogP contribution in [0, 0.1) is 4.77 Å². The minimum absolute atomic E-state index is 0.0751. The van der Waals surface area contributed by atoms with Crippen molar-refractivity contribution >= 4 is 12.2 Å². The van der Waals surface area contributed by atoms with E-state index in [1.165, 1.54) is 0 Å². The summed E-state index contributed by atoms with van der Waals surface area (Å²) in [6.45, 7) is 5.17. The molecular weight excluding hydrogens is 288 g/mol. The van der Waals surface area contributed by atoms with Crippen molar-refractivity contribution in [3.05, 3.63) is 33.0 Å². The van der Waals surface area contributed by atoms with Gasteiger partial charge in [-0.3, -0.25) is 14.5 Å². The molecule has 0 aliphatic heterocycles. The average Bonchev–Trinajstić information content (AvgIpc) is 2.80. The Morgan fingerprint density at radius 3 is 2.76 bits per heavy atom. The van der Waals surface area contributed by atoms with Crippen LogP contribution in [0.1, 0.15) is 25.5 Å². The molecule has 1 N–H and O–H groups in total. The van der Waals surface area contributed by atoms with Gasteiger partial charge in [0, 0.05) is 19.9 Å². The van der Waals surface area contributed by atoms with E-state index in [1.54, 1.807) is 23.3 Å². The Bertz CT molecular complexity index is 742. The topological polar surface area (TPSA) is 64.8 Å². The van der Waals surface area contributed by atoms with Crippen molar-refractivity contribution in [1.29, 1.82) is 0 Å². The van der Waals surface area contributed by atoms with Crippen LogP contribution in [0.2, 0.25) is 0 Å². The average molecular weight is 308 g/mol. The Morgan fingerprint density at radius 2 is 2.14 bits per heavy atom. The van der Waals surface area contributed by atoms with Gasteiger partial charge in [0.15, 0.2) is 10.6 Å². The van der Waals surface area contributed by atoms with Crippen molar-refractivity contribution in [2.24, 2.45) is 7.05 Å². The number of nitrogens with one attached hydrogen (secondary N) is 1. The quantitative estimate of drug-likeness (QED) is 0.859. The highest BCUT2D eigenvalue weighted by Crippen LogP contribution is 2.17. The third kappa shape index (κ3) is 2.98. The molecule has 0 atom stereocenters. The SMILES string of the molecule is COCCn1c(-c2ccc(C(C)C)n(C)c2=O)n[nH]c1=S. The molecule has 0 aromatic carbocycles. The summed E-state index contributed by atoms with van der Waals surface area (Å²) in [5.41, 5.74) is 1.44. The minimum Gasteiger partial charge on any atom is -0.383 e. The molecule has 21 heavy (non-hydrogen) atoms. The van der Waals surface area contributed by atoms with Crippen LogP contribution in [-0.4, -0.2) is 33.0 Å². The van der Waals surface area contributed by atoms with Crippen molar-refractivity contribution in [3.8, 4) is 11.4 Å². The fourth-order valence-corrected chi connectivity index (χ4v) is 2.54. The molecule has 0 aliphatic rings. The van der Waals surface area contributed by atoms with E-state index >= 15 is 0 Å². The second kappa shape index (κ2) is 6.36. The first-order valence-corrected chi connectivity index (χ1v) is 7.22. The van der Waals surface area contributed by atoms with Crippen LogP contribution in [0.15, 0.2) is 16.9 Å². The first-order chi connectivity index (χ1) is 9.97. The van der Waals surface area contributed by atoms with Gasteiger partial charge in [-0.05, 0) is 30.3 Å². The van der Waals surface area contributed by atoms with Crippen molar-refractivity contribution in [1.82, 2.24) is 19.3 Å². The van der Waals surface area contributed by atoms with Gasteiger partial charge in [-0.2, -0.15) is 5.10 Å². The number of H-pyrrole nitrogens is 1. The summed E-state index contributed by atoms with van der Waals surface area (Å²) in [6.07, 6.45) is 0. The minimum atomic E-state index is -0.0751. The van der Waals surface area contributed by atoms with Gasteiger partial charge in [0.1, 0.15) is 0 Å². The zero-order valence-corrected chi connectivity index (χ0v) is 13.5. The van der Waals surface area contributed by atoms with Crippen LogP contribution in [0.25, 0.3) is 11.4 Å². The molecule has 0 amide bonds. The number of aromatic amines is 1. The Morgan fingerprint density at radius 1 is 1.43 bits per heavy atom. The number of pyridine rings is 1. The number of hydrogen-bond acceptors (Lipinski definition) is 4. The maximum Gasteiger partial charge on any atom is 0.261 e. The van der Waals surface area contributed by atoms with Gasteiger partial charge in [0.2, 0.25) is 0 Å². The van der Waals surface area contributed by atoms with Crippen molar-refractivity contribution in [2.45, 2.75) is 26.3 Å². The summed E-state index contributed by atoms with van der Waals surface area (Å²) >= 11 is 5.21. The van der Waals surface area contributed by atoms with E-state index in [0.717, 1.165) is 5.69 Å². The molecule has 0 aliphatic carbocycles. The normalized spacial score (nSPS) is 11.3. The number of aromatic nitrogens is 4. The Labute approximate surface area is 128 Å². The third-order valence-corrected chi connectivity index (χ3v) is 3.76. The van der Waals surface area contributed by atoms with E-state index in [9.17, 15) is 4.79 Å². The van der Waals surface area contributed by atoms with Crippen LogP contribution >= 0.6 is 12.2 Å². The van der Waals surface area contributed by atoms with Crippen molar-refractivity contribution < 1.29 is 4.74 Å². The maximum absolute atomic E-state index is 12.6. The maximum atomic E-state index is 12.6. The van der Waals surface area contributed by atoms with E-state index in [-0.39, 0.29) is 11.5 Å². The highest BCUT2D eigenvalue weighted by molar-refractivity contribution is 7.71. The number of hydrogen-bond donors (Lipinski definition) is 1. The fourth-order valence-electron chi connectivity index (χ4n) is 2.31. The molecule has 0 saturated heterocycles. The molecule has 2 aromatic heterocycles. The molecule has 7 heteroatoms. The summed E-state index contributed by atoms with van der Waals surface area (Å²) in [6, 6.07) is 3.77. The summed E-state index contributed by atoms with van der Waals surface area (Å²) in [5.74, 6) is 0.832. The van der Waals surface area contributed by atoms with Gasteiger partial charge in [-0.15, -0.1) is 0 Å². The molecule has 0 radical (unpaired) electrons. The van der Waals surface area contributed by atoms with Gasteiger partial charge >= 0.3 is 0 Å². The van der Waals surface area contributed by atoms with Crippen LogP contribution in [0.5, 0.6) is 0 Å². The Balaban J connectivity index is 2.56. The van der Waals surface area contributed by atoms with E-state index < -0.39 is 0 Å². The van der Waals surface area contributed by atoms with Gasteiger partial charge < -0.3 is 9.30 Å². The van der Waals surface area contributed by atoms with Gasteiger partial charge in [0.25, 0.3) is 5.56 Å². The van der Waals surface area contributed by atoms with Crippen molar-refractivity contribution in [3.63, 3.8) is 0 Å². The summed E-state index contributed by atoms with van der Waals surface area (Å²) < 4.78 is 9.00. The highest BCUT2D eigenvalue weighted by atomic mass is 32.1. The van der Waals surface area contributed by atoms with Crippen LogP contribution in [-0.2, 0) is 18.3 Å². The molecule has 0 saturated carbocycles. The van der Waals surface area contributed by atoms with E-state index in [4.69, 9.17) is 17.0 Å². The highest BCUT2D eigenvalue weighted by Gasteiger charge is 2.15. The molecule has 114 valence electrons. The van der Waals surface area contributed by atoms with Gasteiger partial charge in [0.05, 0.1) is 18.7 Å². The number of methoxy groups -OCH3 is 1. The third-order valence-electron chi connectivity index (χ3n) is 3.45. The monoisotopic (exact) mass is 308 g/mol. The second-order valence-corrected chi connectivity index (χ2v) is 5.57. The second-order valence-electron chi connectivity index (χ2n) is 5.19. The van der Waals surface area contributed by atoms with Crippen LogP contribution < -0.4 is 5.56 Å². The predicted octanol–water partition coefficient (Wildman–Crippen LogP) is 2.08. The number of rotatable bonds is 5. The molecule has 2 rings (SSSR count). The number of nitrogens with zero attached hydrogens (tertiary/aromatic N) is 3. The number of ether oxygens (including phenoxy) is 1. The lowest BCUT2D eigenvalue weighted by Crippen LogP contribution is -2.23. The van der Waals surface area contributed by atoms with Crippen molar-refractivity contribution in [2.75, 3.05) is 13.7 Å². The van der Waals surface area contributed by atoms with Crippen LogP contribution in [0.4, 0.5) is 0 Å². The fraction of sp³-hybridized carbons (Fsp3) is 0.500. The lowest BCUT2D eigenvalue weighted by Gasteiger charge is -2.13. The van der Waals surface area contributed by atoms with Crippen LogP contribution in [0.3, 0.4) is 0 Å². The Kier molecular flexibility index (Phi) is 4.74. The summed E-state index contributed by atoms with van der Waals surface area (Å²) in [5, 5.41) is 6.93. The van der Waals surface area contributed by atoms with E-state index in [1.807, 2.05) is 12.1 Å². The molecule has 0 bridgehead atoms. The van der Waals surface area contributed by atoms with Gasteiger partial charge in [-0.1, -0.05) is 13.8 Å². The van der Waals surface area contributed by atoms with E-state index in [0.29, 0.717) is 29.3 Å². The first kappa shape index (κ1) is 15.7. The zero-order chi connectivity index (χ0) is 15.6. The van der Waals surface area contributed by atoms with Gasteiger partial charge in [-0.25, -0.2) is 0 Å². The predicted molar refractivity (Wildman–Crippen MR) is 84.1 cm³/mol. The molecule has 6 nitrogen and oxygen atoms in total. The molecular formula is C14H20N4O2S. The smallest absolute Gasteiger partial charge is 0.261 e.